The Labute approximate surface area is 207 Å². The second-order valence-electron chi connectivity index (χ2n) is 8.38. The predicted molar refractivity (Wildman–Crippen MR) is 133 cm³/mol. The average Bonchev–Trinajstić information content (AvgIpc) is 3.54. The van der Waals surface area contributed by atoms with Gasteiger partial charge in [0.15, 0.2) is 0 Å². The highest BCUT2D eigenvalue weighted by molar-refractivity contribution is 7.14. The van der Waals surface area contributed by atoms with Crippen molar-refractivity contribution in [2.24, 2.45) is 0 Å². The van der Waals surface area contributed by atoms with Crippen molar-refractivity contribution < 1.29 is 19.2 Å². The van der Waals surface area contributed by atoms with Gasteiger partial charge in [0, 0.05) is 26.4 Å². The highest BCUT2D eigenvalue weighted by atomic mass is 32.1. The van der Waals surface area contributed by atoms with Gasteiger partial charge in [-0.1, -0.05) is 60.7 Å². The van der Waals surface area contributed by atoms with Gasteiger partial charge >= 0.3 is 0 Å². The minimum Gasteiger partial charge on any atom is -0.344 e. The quantitative estimate of drug-likeness (QED) is 0.465. The third kappa shape index (κ3) is 5.81. The summed E-state index contributed by atoms with van der Waals surface area (Å²) >= 11 is 1.24. The van der Waals surface area contributed by atoms with Gasteiger partial charge in [-0.2, -0.15) is 0 Å². The van der Waals surface area contributed by atoms with Crippen molar-refractivity contribution in [1.29, 1.82) is 0 Å². The molecule has 8 nitrogen and oxygen atoms in total. The lowest BCUT2D eigenvalue weighted by Gasteiger charge is -2.27. The van der Waals surface area contributed by atoms with Gasteiger partial charge in [-0.3, -0.25) is 29.1 Å². The number of nitrogens with zero attached hydrogens (tertiary/aromatic N) is 3. The van der Waals surface area contributed by atoms with Crippen LogP contribution in [0.2, 0.25) is 0 Å². The molecule has 2 atom stereocenters. The van der Waals surface area contributed by atoms with E-state index in [9.17, 15) is 19.2 Å². The van der Waals surface area contributed by atoms with E-state index < -0.39 is 29.7 Å². The van der Waals surface area contributed by atoms with Crippen molar-refractivity contribution in [3.63, 3.8) is 0 Å². The molecule has 1 aliphatic rings. The highest BCUT2D eigenvalue weighted by Gasteiger charge is 2.38. The molecule has 1 aromatic heterocycles. The van der Waals surface area contributed by atoms with E-state index in [4.69, 9.17) is 0 Å². The van der Waals surface area contributed by atoms with Crippen LogP contribution in [0.4, 0.5) is 5.00 Å². The van der Waals surface area contributed by atoms with Crippen molar-refractivity contribution >= 4 is 39.8 Å². The van der Waals surface area contributed by atoms with E-state index >= 15 is 0 Å². The summed E-state index contributed by atoms with van der Waals surface area (Å²) in [5, 5.41) is 3.31. The molecule has 9 heteroatoms. The number of ketones is 1. The number of hydrogen-bond donors (Lipinski definition) is 1. The maximum Gasteiger partial charge on any atom is 0.296 e. The van der Waals surface area contributed by atoms with Gasteiger partial charge in [0.05, 0.1) is 11.7 Å². The molecule has 1 fully saturated rings. The molecule has 0 spiro atoms. The van der Waals surface area contributed by atoms with Crippen LogP contribution in [0.15, 0.2) is 72.4 Å². The number of anilines is 1. The smallest absolute Gasteiger partial charge is 0.296 e. The zero-order valence-corrected chi connectivity index (χ0v) is 20.1. The summed E-state index contributed by atoms with van der Waals surface area (Å²) in [5.74, 6) is -2.01. The van der Waals surface area contributed by atoms with Crippen LogP contribution in [0, 0.1) is 0 Å². The Morgan fingerprint density at radius 3 is 2.37 bits per heavy atom. The molecule has 180 valence electrons. The third-order valence-corrected chi connectivity index (χ3v) is 6.86. The number of likely N-dealkylation sites (tertiary alicyclic amines) is 1. The molecule has 1 aliphatic heterocycles. The van der Waals surface area contributed by atoms with Crippen LogP contribution in [0.1, 0.15) is 24.0 Å². The fraction of sp³-hybridized carbons (Fsp3) is 0.269. The fourth-order valence-electron chi connectivity index (χ4n) is 4.10. The molecule has 2 heterocycles. The Morgan fingerprint density at radius 2 is 1.74 bits per heavy atom. The normalized spacial score (nSPS) is 16.1. The molecule has 35 heavy (non-hydrogen) atoms. The molecule has 0 bridgehead atoms. The van der Waals surface area contributed by atoms with E-state index in [1.54, 1.807) is 10.4 Å². The van der Waals surface area contributed by atoms with Crippen LogP contribution in [0.3, 0.4) is 0 Å². The number of benzene rings is 2. The summed E-state index contributed by atoms with van der Waals surface area (Å²) in [4.78, 5) is 58.9. The Morgan fingerprint density at radius 1 is 1.09 bits per heavy atom. The first-order valence-electron chi connectivity index (χ1n) is 11.3. The van der Waals surface area contributed by atoms with Gasteiger partial charge in [-0.15, -0.1) is 11.3 Å². The number of aromatic nitrogens is 1. The Kier molecular flexibility index (Phi) is 7.67. The number of likely N-dealkylation sites (N-methyl/N-ethyl adjacent to an activating group) is 1. The second kappa shape index (κ2) is 11.1. The zero-order valence-electron chi connectivity index (χ0n) is 19.3. The molecule has 1 N–H and O–H groups in total. The van der Waals surface area contributed by atoms with Gasteiger partial charge in [0.25, 0.3) is 5.91 Å². The lowest BCUT2D eigenvalue weighted by Crippen LogP contribution is -2.53. The molecule has 0 saturated carbocycles. The van der Waals surface area contributed by atoms with Crippen LogP contribution in [-0.4, -0.2) is 52.5 Å². The number of nitrogens with one attached hydrogen (secondary N) is 1. The zero-order chi connectivity index (χ0) is 24.8. The lowest BCUT2D eigenvalue weighted by molar-refractivity contribution is -0.140. The van der Waals surface area contributed by atoms with E-state index in [1.807, 2.05) is 60.7 Å². The summed E-state index contributed by atoms with van der Waals surface area (Å²) < 4.78 is 0. The number of amides is 3. The van der Waals surface area contributed by atoms with E-state index in [2.05, 4.69) is 10.3 Å². The van der Waals surface area contributed by atoms with E-state index in [0.717, 1.165) is 11.1 Å². The molecule has 0 radical (unpaired) electrons. The van der Waals surface area contributed by atoms with Gasteiger partial charge < -0.3 is 10.2 Å². The van der Waals surface area contributed by atoms with Crippen molar-refractivity contribution in [2.75, 3.05) is 11.9 Å². The summed E-state index contributed by atoms with van der Waals surface area (Å²) in [6.07, 6.45) is 2.28. The number of thiazole rings is 1. The standard InChI is InChI=1S/C26H26N4O4S/c1-29(23-15-27-17-35-23)26(34)24(32)20(14-18-8-4-2-5-9-18)28-25(33)21-12-13-22(31)30(21)16-19-10-6-3-7-11-19/h2-11,15,17,20-21H,12-14,16H2,1H3,(H,28,33). The van der Waals surface area contributed by atoms with E-state index in [-0.39, 0.29) is 18.7 Å². The molecule has 3 amide bonds. The fourth-order valence-corrected chi connectivity index (χ4v) is 4.69. The lowest BCUT2D eigenvalue weighted by atomic mass is 10.0. The summed E-state index contributed by atoms with van der Waals surface area (Å²) in [6.45, 7) is 0.308. The van der Waals surface area contributed by atoms with Crippen molar-refractivity contribution in [2.45, 2.75) is 37.9 Å². The molecule has 4 rings (SSSR count). The monoisotopic (exact) mass is 490 g/mol. The van der Waals surface area contributed by atoms with Crippen LogP contribution >= 0.6 is 11.3 Å². The number of rotatable bonds is 9. The topological polar surface area (TPSA) is 99.7 Å². The molecule has 1 saturated heterocycles. The van der Waals surface area contributed by atoms with Crippen LogP contribution < -0.4 is 10.2 Å². The Bertz CT molecular complexity index is 1180. The number of carbonyl (C=O) groups is 4. The van der Waals surface area contributed by atoms with Crippen molar-refractivity contribution in [3.8, 4) is 0 Å². The predicted octanol–water partition coefficient (Wildman–Crippen LogP) is 2.59. The number of Topliss-reactive ketones (excluding diaryl/α,β-unsaturated/α-hetero) is 1. The summed E-state index contributed by atoms with van der Waals surface area (Å²) in [5.41, 5.74) is 3.30. The largest absolute Gasteiger partial charge is 0.344 e. The molecule has 0 aliphatic carbocycles. The number of carbonyl (C=O) groups excluding carboxylic acids is 4. The first-order valence-corrected chi connectivity index (χ1v) is 12.2. The van der Waals surface area contributed by atoms with E-state index in [0.29, 0.717) is 18.0 Å². The maximum atomic E-state index is 13.3. The van der Waals surface area contributed by atoms with Crippen LogP contribution in [0.25, 0.3) is 0 Å². The van der Waals surface area contributed by atoms with Crippen LogP contribution in [0.5, 0.6) is 0 Å². The van der Waals surface area contributed by atoms with Gasteiger partial charge in [0.1, 0.15) is 17.1 Å². The third-order valence-electron chi connectivity index (χ3n) is 6.01. The van der Waals surface area contributed by atoms with Gasteiger partial charge in [0.2, 0.25) is 17.6 Å². The average molecular weight is 491 g/mol. The molecule has 3 aromatic rings. The number of hydrogen-bond acceptors (Lipinski definition) is 6. The van der Waals surface area contributed by atoms with Crippen molar-refractivity contribution in [3.05, 3.63) is 83.5 Å². The summed E-state index contributed by atoms with van der Waals surface area (Å²) in [7, 11) is 1.51. The van der Waals surface area contributed by atoms with Gasteiger partial charge in [-0.05, 0) is 17.5 Å². The first kappa shape index (κ1) is 24.3. The van der Waals surface area contributed by atoms with E-state index in [1.165, 1.54) is 29.5 Å². The Hall–Kier alpha value is -3.85. The van der Waals surface area contributed by atoms with Crippen LogP contribution in [-0.2, 0) is 32.1 Å². The Balaban J connectivity index is 1.52. The molecular formula is C26H26N4O4S. The highest BCUT2D eigenvalue weighted by Crippen LogP contribution is 2.23. The molecule has 2 aromatic carbocycles. The SMILES string of the molecule is CN(C(=O)C(=O)C(Cc1ccccc1)NC(=O)C1CCC(=O)N1Cc1ccccc1)c1cncs1. The molecule has 2 unspecified atom stereocenters. The minimum absolute atomic E-state index is 0.110. The maximum absolute atomic E-state index is 13.3. The second-order valence-corrected chi connectivity index (χ2v) is 9.25. The molecular weight excluding hydrogens is 464 g/mol. The summed E-state index contributed by atoms with van der Waals surface area (Å²) in [6, 6.07) is 16.9. The first-order chi connectivity index (χ1) is 16.9. The van der Waals surface area contributed by atoms with Gasteiger partial charge in [-0.25, -0.2) is 0 Å². The van der Waals surface area contributed by atoms with Crippen molar-refractivity contribution in [1.82, 2.24) is 15.2 Å². The minimum atomic E-state index is -1.07.